The second-order valence-electron chi connectivity index (χ2n) is 32.2. The lowest BCUT2D eigenvalue weighted by Crippen LogP contribution is -1.85. The minimum absolute atomic E-state index is 0. The number of allylic oxidation sites excluding steroid dienone is 19. The third-order valence-electron chi connectivity index (χ3n) is 16.7. The van der Waals surface area contributed by atoms with E-state index >= 15 is 0 Å². The molecule has 6 radical (unpaired) electrons. The van der Waals surface area contributed by atoms with E-state index in [0.29, 0.717) is 0 Å². The SMILES string of the molecule is C.C.C.C.C=C(C)CCC.C=C(C)CCC.C=C(C)CCC.C=C(C)CCC.C=C(C)CCCC(=C)CCC.C=C(C)CCCC(=C)CCC.C=C(C)CCCC(=C)CCC.C=C(C)CCCCC(=C)CC.C=C(C)CCCCC(=C)CCCC(=C)C.C=C(CC)CCC.C=C(CC)CCC.C=C(CC)CCC.C=C(CC)CCC.[2HH].[2HH].[2HH].[2HH].[B].[B]. The number of hydrogen-bond donors (Lipinski definition) is 0. The maximum absolute atomic E-state index is 4.12. The molecule has 0 rings (SSSR count). The van der Waals surface area contributed by atoms with Gasteiger partial charge in [0.1, 0.15) is 0 Å². The molecule has 0 aromatic rings. The molecular weight excluding hydrogens is 1400 g/mol. The molecule has 0 unspecified atom stereocenters. The molecule has 0 aliphatic carbocycles. The predicted octanol–water partition coefficient (Wildman–Crippen LogP) is 45.0. The molecule has 117 heavy (non-hydrogen) atoms. The van der Waals surface area contributed by atoms with Crippen LogP contribution in [0.3, 0.4) is 0 Å². The topological polar surface area (TPSA) is 0 Å². The molecule has 2 heteroatoms. The van der Waals surface area contributed by atoms with Crippen molar-refractivity contribution in [3.8, 4) is 0 Å². The van der Waals surface area contributed by atoms with Crippen molar-refractivity contribution in [1.29, 1.82) is 0 Å². The fourth-order valence-electron chi connectivity index (χ4n) is 9.73. The standard InChI is InChI=1S/C15H26.4C11H20.4C7H14.4C6H12.4CH4.2B.4H2/c1-13(2)9-6-7-11-15(5)12-8-10-14(3)4;1-5-11(4)9-7-6-8-10(2)3;3*1-5-7-11(4)9-6-8-10(2)3;4*1-4-6-7(3)5-2;4*1-4-5-6(2)3;;;;;;;;;;/h1,3,5-12H2,2,4H3;4*2,4-9H2,1,3H3;4*3-6H2,1-2H3;4*2,4-5H2,1,3H3;4*1H4;;;4*1H/i;;;;;;;;;;;;;;;;;;;4*1+1. The van der Waals surface area contributed by atoms with Crippen LogP contribution < -0.4 is 0 Å². The molecule has 0 heterocycles. The molecule has 0 fully saturated rings. The minimum atomic E-state index is 0. The molecule has 0 saturated carbocycles. The molecule has 0 aromatic carbocycles. The first-order valence-corrected chi connectivity index (χ1v) is 45.4. The van der Waals surface area contributed by atoms with Crippen LogP contribution in [-0.4, -0.2) is 16.8 Å². The highest BCUT2D eigenvalue weighted by molar-refractivity contribution is 5.76. The van der Waals surface area contributed by atoms with Crippen LogP contribution in [0, 0.1) is 0 Å². The van der Waals surface area contributed by atoms with Crippen molar-refractivity contribution in [2.75, 3.05) is 0 Å². The fraction of sp³-hybridized carbons (Fsp3) is 0.670. The van der Waals surface area contributed by atoms with E-state index < -0.39 is 0 Å². The zero-order valence-electron chi connectivity index (χ0n) is 83.3. The molecule has 0 aliphatic heterocycles. The molecule has 0 atom stereocenters. The Hall–Kier alpha value is -4.81. The largest absolute Gasteiger partial charge is 0.100 e. The Labute approximate surface area is 760 Å². The van der Waals surface area contributed by atoms with Gasteiger partial charge in [0.05, 0.1) is 0 Å². The summed E-state index contributed by atoms with van der Waals surface area (Å²) in [5, 5.41) is 0. The molecule has 0 N–H and O–H groups in total. The van der Waals surface area contributed by atoms with E-state index in [9.17, 15) is 0 Å². The molecule has 0 bridgehead atoms. The third kappa shape index (κ3) is 228. The van der Waals surface area contributed by atoms with Gasteiger partial charge in [-0.15, -0.1) is 65.8 Å². The third-order valence-corrected chi connectivity index (χ3v) is 16.7. The van der Waals surface area contributed by atoms with Crippen LogP contribution in [0.1, 0.15) is 517 Å². The van der Waals surface area contributed by atoms with Crippen molar-refractivity contribution in [3.63, 3.8) is 0 Å². The van der Waals surface area contributed by atoms with E-state index in [1.165, 1.54) is 350 Å². The highest BCUT2D eigenvalue weighted by atomic mass is 14.1. The number of unbranched alkanes of at least 4 members (excludes halogenated alkanes) is 2. The van der Waals surface area contributed by atoms with Gasteiger partial charge in [-0.3, -0.25) is 0 Å². The van der Waals surface area contributed by atoms with Gasteiger partial charge in [0.2, 0.25) is 0 Å². The Kier molecular flexibility index (Phi) is 187. The second-order valence-corrected chi connectivity index (χ2v) is 32.2. The lowest BCUT2D eigenvalue weighted by atomic mass is 10.0. The van der Waals surface area contributed by atoms with Gasteiger partial charge in [0.15, 0.2) is 0 Å². The van der Waals surface area contributed by atoms with E-state index in [1.54, 1.807) is 0 Å². The van der Waals surface area contributed by atoms with Crippen LogP contribution in [0.2, 0.25) is 0 Å². The van der Waals surface area contributed by atoms with Crippen LogP contribution in [0.5, 0.6) is 0 Å². The van der Waals surface area contributed by atoms with Crippen molar-refractivity contribution >= 4 is 16.8 Å². The van der Waals surface area contributed by atoms with Crippen LogP contribution in [0.4, 0.5) is 0 Å². The molecule has 0 saturated heterocycles. The van der Waals surface area contributed by atoms with Crippen LogP contribution in [-0.2, 0) is 0 Å². The lowest BCUT2D eigenvalue weighted by Gasteiger charge is -2.05. The van der Waals surface area contributed by atoms with Gasteiger partial charge in [-0.2, -0.15) is 0 Å². The Balaban J connectivity index is -0.0000000411. The molecule has 0 aromatic heterocycles. The minimum Gasteiger partial charge on any atom is -0.100 e. The van der Waals surface area contributed by atoms with Crippen molar-refractivity contribution in [3.05, 3.63) is 231 Å². The fourth-order valence-corrected chi connectivity index (χ4v) is 9.73. The summed E-state index contributed by atoms with van der Waals surface area (Å²) in [6.07, 6.45) is 56.4. The molecule has 0 amide bonds. The van der Waals surface area contributed by atoms with E-state index in [1.807, 2.05) is 0 Å². The van der Waals surface area contributed by atoms with Gasteiger partial charge in [-0.25, -0.2) is 0 Å². The first-order chi connectivity index (χ1) is 52.0. The average molecular weight is 1640 g/mol. The summed E-state index contributed by atoms with van der Waals surface area (Å²) in [5.41, 5.74) is 25.4. The van der Waals surface area contributed by atoms with E-state index in [2.05, 4.69) is 305 Å². The summed E-state index contributed by atoms with van der Waals surface area (Å²) in [6, 6.07) is 0. The summed E-state index contributed by atoms with van der Waals surface area (Å²) in [5.74, 6) is 0. The van der Waals surface area contributed by atoms with Crippen molar-refractivity contribution < 1.29 is 5.71 Å². The van der Waals surface area contributed by atoms with Crippen molar-refractivity contribution in [2.24, 2.45) is 0 Å². The molecule has 0 spiro atoms. The van der Waals surface area contributed by atoms with Crippen LogP contribution in [0.15, 0.2) is 231 Å². The summed E-state index contributed by atoms with van der Waals surface area (Å²) >= 11 is 0. The Morgan fingerprint density at radius 2 is 0.231 bits per heavy atom. The Morgan fingerprint density at radius 1 is 0.137 bits per heavy atom. The summed E-state index contributed by atoms with van der Waals surface area (Å²) in [4.78, 5) is 0. The van der Waals surface area contributed by atoms with Crippen molar-refractivity contribution in [1.82, 2.24) is 0 Å². The monoisotopic (exact) mass is 1640 g/mol. The molecule has 700 valence electrons. The van der Waals surface area contributed by atoms with Gasteiger partial charge in [-0.1, -0.05) is 376 Å². The normalized spacial score (nSPS) is 8.74. The van der Waals surface area contributed by atoms with E-state index in [-0.39, 0.29) is 52.2 Å². The van der Waals surface area contributed by atoms with Crippen LogP contribution >= 0.6 is 0 Å². The lowest BCUT2D eigenvalue weighted by molar-refractivity contribution is 0.691. The zero-order chi connectivity index (χ0) is 89.2. The van der Waals surface area contributed by atoms with Crippen LogP contribution in [0.25, 0.3) is 0 Å². The van der Waals surface area contributed by atoms with Gasteiger partial charge >= 0.3 is 0 Å². The highest BCUT2D eigenvalue weighted by Gasteiger charge is 1.99. The summed E-state index contributed by atoms with van der Waals surface area (Å²) in [6.45, 7) is 129. The second kappa shape index (κ2) is 137. The average Bonchev–Trinajstić information content (AvgIpc) is 1.04. The number of rotatable bonds is 53. The van der Waals surface area contributed by atoms with Gasteiger partial charge in [0.25, 0.3) is 0 Å². The molecular formula is C115H234B2. The summed E-state index contributed by atoms with van der Waals surface area (Å²) < 4.78 is 0. The predicted molar refractivity (Wildman–Crippen MR) is 585 cm³/mol. The molecule has 0 nitrogen and oxygen atoms in total. The number of hydrogen-bond acceptors (Lipinski definition) is 0. The van der Waals surface area contributed by atoms with E-state index in [0.717, 1.165) is 57.8 Å². The smallest absolute Gasteiger partial charge is 0 e. The van der Waals surface area contributed by atoms with Crippen molar-refractivity contribution in [2.45, 2.75) is 512 Å². The Bertz CT molecular complexity index is 2110. The van der Waals surface area contributed by atoms with Gasteiger partial charge in [0, 0.05) is 22.5 Å². The maximum atomic E-state index is 4.12. The molecule has 0 aliphatic rings. The highest BCUT2D eigenvalue weighted by Crippen LogP contribution is 2.19. The van der Waals surface area contributed by atoms with Gasteiger partial charge in [-0.05, 0) is 300 Å². The first kappa shape index (κ1) is 160. The quantitative estimate of drug-likeness (QED) is 0.0323. The summed E-state index contributed by atoms with van der Waals surface area (Å²) in [7, 11) is 0. The van der Waals surface area contributed by atoms with Gasteiger partial charge < -0.3 is 0 Å². The maximum Gasteiger partial charge on any atom is 0 e. The zero-order valence-corrected chi connectivity index (χ0v) is 83.3. The first-order valence-electron chi connectivity index (χ1n) is 45.4. The Morgan fingerprint density at radius 3 is 0.342 bits per heavy atom. The van der Waals surface area contributed by atoms with E-state index in [4.69, 9.17) is 0 Å².